The van der Waals surface area contributed by atoms with Crippen LogP contribution in [0.4, 0.5) is 11.4 Å². The predicted octanol–water partition coefficient (Wildman–Crippen LogP) is 2.92. The van der Waals surface area contributed by atoms with Gasteiger partial charge in [0.25, 0.3) is 5.91 Å². The van der Waals surface area contributed by atoms with Gasteiger partial charge in [0.1, 0.15) is 5.69 Å². The molecular formula is C16H14N4O. The third kappa shape index (κ3) is 2.67. The Balaban J connectivity index is 1.89. The number of nitrogens with zero attached hydrogens (tertiary/aromatic N) is 2. The molecule has 0 bridgehead atoms. The average molecular weight is 278 g/mol. The number of pyridine rings is 2. The quantitative estimate of drug-likeness (QED) is 0.773. The van der Waals surface area contributed by atoms with Crippen LogP contribution in [0.5, 0.6) is 0 Å². The fourth-order valence-electron chi connectivity index (χ4n) is 2.08. The molecule has 0 saturated heterocycles. The summed E-state index contributed by atoms with van der Waals surface area (Å²) in [7, 11) is 1.81. The van der Waals surface area contributed by atoms with Crippen molar-refractivity contribution in [2.75, 3.05) is 17.7 Å². The summed E-state index contributed by atoms with van der Waals surface area (Å²) in [5.41, 5.74) is 1.96. The van der Waals surface area contributed by atoms with Crippen LogP contribution in [0.25, 0.3) is 10.8 Å². The van der Waals surface area contributed by atoms with Gasteiger partial charge in [0.15, 0.2) is 0 Å². The van der Waals surface area contributed by atoms with E-state index in [1.807, 2.05) is 30.3 Å². The van der Waals surface area contributed by atoms with Crippen molar-refractivity contribution in [3.05, 3.63) is 60.7 Å². The minimum atomic E-state index is -0.242. The van der Waals surface area contributed by atoms with Crippen LogP contribution in [0.1, 0.15) is 10.5 Å². The summed E-state index contributed by atoms with van der Waals surface area (Å²) in [4.78, 5) is 20.5. The molecule has 0 atom stereocenters. The predicted molar refractivity (Wildman–Crippen MR) is 83.5 cm³/mol. The topological polar surface area (TPSA) is 66.9 Å². The molecule has 2 N–H and O–H groups in total. The van der Waals surface area contributed by atoms with Gasteiger partial charge in [0, 0.05) is 24.8 Å². The fourth-order valence-corrected chi connectivity index (χ4v) is 2.08. The number of aromatic nitrogens is 2. The summed E-state index contributed by atoms with van der Waals surface area (Å²) >= 11 is 0. The highest BCUT2D eigenvalue weighted by Crippen LogP contribution is 2.22. The van der Waals surface area contributed by atoms with E-state index < -0.39 is 0 Å². The van der Waals surface area contributed by atoms with E-state index in [1.54, 1.807) is 31.7 Å². The Hall–Kier alpha value is -2.95. The van der Waals surface area contributed by atoms with Crippen LogP contribution in [-0.2, 0) is 0 Å². The monoisotopic (exact) mass is 278 g/mol. The molecule has 21 heavy (non-hydrogen) atoms. The summed E-state index contributed by atoms with van der Waals surface area (Å²) in [6, 6.07) is 11.1. The molecule has 1 aromatic carbocycles. The maximum absolute atomic E-state index is 12.2. The molecule has 2 aromatic heterocycles. The first kappa shape index (κ1) is 13.1. The van der Waals surface area contributed by atoms with Crippen LogP contribution in [0.15, 0.2) is 55.0 Å². The smallest absolute Gasteiger partial charge is 0.274 e. The lowest BCUT2D eigenvalue weighted by atomic mass is 10.1. The molecule has 3 rings (SSSR count). The number of rotatable bonds is 3. The van der Waals surface area contributed by atoms with Crippen LogP contribution in [0.3, 0.4) is 0 Å². The summed E-state index contributed by atoms with van der Waals surface area (Å²) < 4.78 is 0. The number of fused-ring (bicyclic) bond motifs is 1. The largest absolute Gasteiger partial charge is 0.387 e. The number of benzene rings is 1. The Labute approximate surface area is 122 Å². The number of hydrogen-bond donors (Lipinski definition) is 2. The highest BCUT2D eigenvalue weighted by atomic mass is 16.1. The van der Waals surface area contributed by atoms with Crippen molar-refractivity contribution in [2.45, 2.75) is 0 Å². The van der Waals surface area contributed by atoms with E-state index in [0.29, 0.717) is 5.69 Å². The second-order valence-electron chi connectivity index (χ2n) is 4.54. The van der Waals surface area contributed by atoms with Crippen molar-refractivity contribution in [1.29, 1.82) is 0 Å². The number of carbonyl (C=O) groups excluding carboxylic acids is 1. The molecule has 0 radical (unpaired) electrons. The lowest BCUT2D eigenvalue weighted by Gasteiger charge is -2.08. The molecule has 2 heterocycles. The van der Waals surface area contributed by atoms with Gasteiger partial charge in [-0.05, 0) is 29.7 Å². The SMILES string of the molecule is CNc1ccc(C(=O)Nc2cccc3ccncc23)nc1. The summed E-state index contributed by atoms with van der Waals surface area (Å²) in [5.74, 6) is -0.242. The fraction of sp³-hybridized carbons (Fsp3) is 0.0625. The number of amides is 1. The Bertz CT molecular complexity index is 778. The van der Waals surface area contributed by atoms with Crippen molar-refractivity contribution in [2.24, 2.45) is 0 Å². The van der Waals surface area contributed by atoms with E-state index in [9.17, 15) is 4.79 Å². The van der Waals surface area contributed by atoms with Crippen LogP contribution in [0, 0.1) is 0 Å². The first-order chi connectivity index (χ1) is 10.3. The second-order valence-corrected chi connectivity index (χ2v) is 4.54. The minimum Gasteiger partial charge on any atom is -0.387 e. The third-order valence-corrected chi connectivity index (χ3v) is 3.22. The second kappa shape index (κ2) is 5.58. The first-order valence-corrected chi connectivity index (χ1v) is 6.56. The number of carbonyl (C=O) groups is 1. The molecule has 0 unspecified atom stereocenters. The standard InChI is InChI=1S/C16H14N4O/c1-17-12-5-6-15(19-9-12)16(21)20-14-4-2-3-11-7-8-18-10-13(11)14/h2-10,17H,1H3,(H,20,21). The van der Waals surface area contributed by atoms with Gasteiger partial charge in [-0.25, -0.2) is 4.98 Å². The maximum atomic E-state index is 12.2. The summed E-state index contributed by atoms with van der Waals surface area (Å²) in [6.07, 6.45) is 5.09. The highest BCUT2D eigenvalue weighted by Gasteiger charge is 2.09. The van der Waals surface area contributed by atoms with Crippen LogP contribution in [0.2, 0.25) is 0 Å². The van der Waals surface area contributed by atoms with Gasteiger partial charge in [0.2, 0.25) is 0 Å². The van der Waals surface area contributed by atoms with E-state index in [1.165, 1.54) is 0 Å². The van der Waals surface area contributed by atoms with Gasteiger partial charge < -0.3 is 10.6 Å². The number of nitrogens with one attached hydrogen (secondary N) is 2. The summed E-state index contributed by atoms with van der Waals surface area (Å²) in [5, 5.41) is 7.77. The van der Waals surface area contributed by atoms with Crippen molar-refractivity contribution in [3.8, 4) is 0 Å². The molecule has 1 amide bonds. The molecule has 0 aliphatic rings. The number of anilines is 2. The molecule has 0 aliphatic heterocycles. The van der Waals surface area contributed by atoms with Crippen molar-refractivity contribution in [3.63, 3.8) is 0 Å². The van der Waals surface area contributed by atoms with E-state index >= 15 is 0 Å². The molecule has 0 saturated carbocycles. The summed E-state index contributed by atoms with van der Waals surface area (Å²) in [6.45, 7) is 0. The molecular weight excluding hydrogens is 264 g/mol. The Morgan fingerprint density at radius 1 is 1.10 bits per heavy atom. The van der Waals surface area contributed by atoms with E-state index in [2.05, 4.69) is 20.6 Å². The van der Waals surface area contributed by atoms with Crippen LogP contribution >= 0.6 is 0 Å². The third-order valence-electron chi connectivity index (χ3n) is 3.22. The zero-order valence-electron chi connectivity index (χ0n) is 11.5. The normalized spacial score (nSPS) is 10.3. The van der Waals surface area contributed by atoms with Crippen LogP contribution < -0.4 is 10.6 Å². The van der Waals surface area contributed by atoms with E-state index in [0.717, 1.165) is 22.1 Å². The van der Waals surface area contributed by atoms with Gasteiger partial charge in [0.05, 0.1) is 17.6 Å². The maximum Gasteiger partial charge on any atom is 0.274 e. The van der Waals surface area contributed by atoms with Crippen molar-refractivity contribution < 1.29 is 4.79 Å². The van der Waals surface area contributed by atoms with Gasteiger partial charge in [-0.2, -0.15) is 0 Å². The number of hydrogen-bond acceptors (Lipinski definition) is 4. The van der Waals surface area contributed by atoms with Gasteiger partial charge in [-0.1, -0.05) is 12.1 Å². The molecule has 3 aromatic rings. The average Bonchev–Trinajstić information content (AvgIpc) is 2.55. The Morgan fingerprint density at radius 2 is 2.00 bits per heavy atom. The molecule has 0 aliphatic carbocycles. The van der Waals surface area contributed by atoms with Gasteiger partial charge >= 0.3 is 0 Å². The Kier molecular flexibility index (Phi) is 3.47. The van der Waals surface area contributed by atoms with Crippen LogP contribution in [-0.4, -0.2) is 22.9 Å². The lowest BCUT2D eigenvalue weighted by molar-refractivity contribution is 0.102. The minimum absolute atomic E-state index is 0.242. The van der Waals surface area contributed by atoms with Crippen molar-refractivity contribution in [1.82, 2.24) is 9.97 Å². The molecule has 5 heteroatoms. The van der Waals surface area contributed by atoms with Crippen molar-refractivity contribution >= 4 is 28.1 Å². The molecule has 0 fully saturated rings. The Morgan fingerprint density at radius 3 is 2.76 bits per heavy atom. The van der Waals surface area contributed by atoms with Gasteiger partial charge in [-0.15, -0.1) is 0 Å². The highest BCUT2D eigenvalue weighted by molar-refractivity contribution is 6.08. The molecule has 5 nitrogen and oxygen atoms in total. The molecule has 0 spiro atoms. The zero-order chi connectivity index (χ0) is 14.7. The first-order valence-electron chi connectivity index (χ1n) is 6.56. The van der Waals surface area contributed by atoms with E-state index in [-0.39, 0.29) is 5.91 Å². The zero-order valence-corrected chi connectivity index (χ0v) is 11.5. The lowest BCUT2D eigenvalue weighted by Crippen LogP contribution is -2.13. The van der Waals surface area contributed by atoms with E-state index in [4.69, 9.17) is 0 Å². The van der Waals surface area contributed by atoms with Gasteiger partial charge in [-0.3, -0.25) is 9.78 Å². The molecule has 104 valence electrons.